The van der Waals surface area contributed by atoms with Crippen LogP contribution >= 0.6 is 15.9 Å². The number of nitrogens with zero attached hydrogens (tertiary/aromatic N) is 3. The van der Waals surface area contributed by atoms with Crippen LogP contribution in [-0.2, 0) is 6.54 Å². The highest BCUT2D eigenvalue weighted by atomic mass is 79.9. The number of hydrogen-bond acceptors (Lipinski definition) is 6. The van der Waals surface area contributed by atoms with Gasteiger partial charge in [-0.3, -0.25) is 20.0 Å². The van der Waals surface area contributed by atoms with E-state index in [1.54, 1.807) is 24.5 Å². The van der Waals surface area contributed by atoms with E-state index in [1.807, 2.05) is 56.3 Å². The SMILES string of the molecule is CC(C)Nc1cc([C@@H]2[C@@H]([N+](=O)[O-])[C@H](c3ccccc3Br)CCN2Cc2cccnc2)ccc1O. The fourth-order valence-corrected chi connectivity index (χ4v) is 5.48. The highest BCUT2D eigenvalue weighted by Crippen LogP contribution is 2.44. The Morgan fingerprint density at radius 1 is 1.24 bits per heavy atom. The molecule has 0 bridgehead atoms. The molecular formula is C26H29BrN4O3. The fraction of sp³-hybridized carbons (Fsp3) is 0.346. The number of aromatic hydroxyl groups is 1. The predicted octanol–water partition coefficient (Wildman–Crippen LogP) is 5.75. The quantitative estimate of drug-likeness (QED) is 0.232. The Labute approximate surface area is 208 Å². The van der Waals surface area contributed by atoms with Gasteiger partial charge in [-0.1, -0.05) is 46.3 Å². The van der Waals surface area contributed by atoms with Gasteiger partial charge in [0.05, 0.1) is 11.6 Å². The predicted molar refractivity (Wildman–Crippen MR) is 137 cm³/mol. The Morgan fingerprint density at radius 2 is 2.03 bits per heavy atom. The number of aromatic nitrogens is 1. The van der Waals surface area contributed by atoms with Crippen LogP contribution in [0.15, 0.2) is 71.5 Å². The van der Waals surface area contributed by atoms with Crippen molar-refractivity contribution in [3.8, 4) is 5.75 Å². The first kappa shape index (κ1) is 24.2. The molecule has 1 aliphatic heterocycles. The maximum Gasteiger partial charge on any atom is 0.239 e. The molecule has 8 heteroatoms. The number of piperidine rings is 1. The first-order valence-corrected chi connectivity index (χ1v) is 12.2. The van der Waals surface area contributed by atoms with Crippen LogP contribution in [0.2, 0.25) is 0 Å². The summed E-state index contributed by atoms with van der Waals surface area (Å²) in [6.45, 7) is 5.23. The van der Waals surface area contributed by atoms with Crippen LogP contribution in [0.3, 0.4) is 0 Å². The lowest BCUT2D eigenvalue weighted by molar-refractivity contribution is -0.540. The fourth-order valence-electron chi connectivity index (χ4n) is 4.90. The summed E-state index contributed by atoms with van der Waals surface area (Å²) < 4.78 is 0.888. The van der Waals surface area contributed by atoms with Crippen LogP contribution in [0, 0.1) is 10.1 Å². The lowest BCUT2D eigenvalue weighted by atomic mass is 9.78. The lowest BCUT2D eigenvalue weighted by Gasteiger charge is -2.42. The molecule has 2 aromatic carbocycles. The molecule has 2 N–H and O–H groups in total. The molecule has 7 nitrogen and oxygen atoms in total. The number of nitro groups is 1. The van der Waals surface area contributed by atoms with Gasteiger partial charge in [0.1, 0.15) is 11.8 Å². The van der Waals surface area contributed by atoms with Crippen LogP contribution in [0.5, 0.6) is 5.75 Å². The van der Waals surface area contributed by atoms with E-state index in [0.29, 0.717) is 25.2 Å². The molecule has 0 amide bonds. The Balaban J connectivity index is 1.80. The zero-order valence-electron chi connectivity index (χ0n) is 19.3. The van der Waals surface area contributed by atoms with Crippen LogP contribution < -0.4 is 5.32 Å². The van der Waals surface area contributed by atoms with Crippen molar-refractivity contribution in [3.05, 3.63) is 98.3 Å². The number of hydrogen-bond donors (Lipinski definition) is 2. The van der Waals surface area contributed by atoms with Crippen molar-refractivity contribution in [2.24, 2.45) is 0 Å². The molecule has 2 heterocycles. The number of rotatable bonds is 7. The Morgan fingerprint density at radius 3 is 2.71 bits per heavy atom. The molecule has 178 valence electrons. The van der Waals surface area contributed by atoms with Crippen molar-refractivity contribution >= 4 is 21.6 Å². The summed E-state index contributed by atoms with van der Waals surface area (Å²) in [5, 5.41) is 26.3. The average molecular weight is 525 g/mol. The van der Waals surface area contributed by atoms with E-state index >= 15 is 0 Å². The van der Waals surface area contributed by atoms with Gasteiger partial charge in [-0.15, -0.1) is 0 Å². The molecule has 3 aromatic rings. The molecule has 0 radical (unpaired) electrons. The van der Waals surface area contributed by atoms with Crippen LogP contribution in [-0.4, -0.2) is 38.5 Å². The summed E-state index contributed by atoms with van der Waals surface area (Å²) in [4.78, 5) is 18.9. The third-order valence-corrected chi connectivity index (χ3v) is 7.04. The monoisotopic (exact) mass is 524 g/mol. The van der Waals surface area contributed by atoms with Crippen molar-refractivity contribution in [2.45, 2.75) is 50.9 Å². The first-order valence-electron chi connectivity index (χ1n) is 11.5. The summed E-state index contributed by atoms with van der Waals surface area (Å²) in [5.74, 6) is -0.122. The normalized spacial score (nSPS) is 20.9. The topological polar surface area (TPSA) is 91.5 Å². The zero-order valence-corrected chi connectivity index (χ0v) is 20.9. The molecule has 3 atom stereocenters. The van der Waals surface area contributed by atoms with E-state index < -0.39 is 12.1 Å². The molecular weight excluding hydrogens is 496 g/mol. The van der Waals surface area contributed by atoms with Gasteiger partial charge in [0.25, 0.3) is 0 Å². The summed E-state index contributed by atoms with van der Waals surface area (Å²) in [7, 11) is 0. The number of nitrogens with one attached hydrogen (secondary N) is 1. The van der Waals surface area contributed by atoms with E-state index in [9.17, 15) is 15.2 Å². The Kier molecular flexibility index (Phi) is 7.48. The maximum absolute atomic E-state index is 12.6. The first-order chi connectivity index (χ1) is 16.3. The molecule has 0 spiro atoms. The van der Waals surface area contributed by atoms with Crippen LogP contribution in [0.1, 0.15) is 48.9 Å². The van der Waals surface area contributed by atoms with Crippen LogP contribution in [0.25, 0.3) is 0 Å². The van der Waals surface area contributed by atoms with Crippen molar-refractivity contribution in [1.82, 2.24) is 9.88 Å². The van der Waals surface area contributed by atoms with Crippen molar-refractivity contribution in [3.63, 3.8) is 0 Å². The maximum atomic E-state index is 12.6. The average Bonchev–Trinajstić information content (AvgIpc) is 2.81. The summed E-state index contributed by atoms with van der Waals surface area (Å²) in [6, 6.07) is 15.7. The van der Waals surface area contributed by atoms with E-state index in [0.717, 1.165) is 21.2 Å². The molecule has 4 rings (SSSR count). The van der Waals surface area contributed by atoms with E-state index in [1.165, 1.54) is 0 Å². The molecule has 1 saturated heterocycles. The van der Waals surface area contributed by atoms with Gasteiger partial charge >= 0.3 is 0 Å². The van der Waals surface area contributed by atoms with Gasteiger partial charge in [0.2, 0.25) is 6.04 Å². The number of phenols is 1. The summed E-state index contributed by atoms with van der Waals surface area (Å²) >= 11 is 3.61. The van der Waals surface area contributed by atoms with E-state index in [-0.39, 0.29) is 22.6 Å². The van der Waals surface area contributed by atoms with Gasteiger partial charge in [-0.05, 0) is 61.2 Å². The van der Waals surface area contributed by atoms with Gasteiger partial charge in [-0.25, -0.2) is 0 Å². The summed E-state index contributed by atoms with van der Waals surface area (Å²) in [6.07, 6.45) is 4.20. The second-order valence-corrected chi connectivity index (χ2v) is 9.90. The van der Waals surface area contributed by atoms with Crippen LogP contribution in [0.4, 0.5) is 5.69 Å². The van der Waals surface area contributed by atoms with Gasteiger partial charge in [0, 0.05) is 40.9 Å². The molecule has 34 heavy (non-hydrogen) atoms. The third kappa shape index (κ3) is 5.23. The minimum atomic E-state index is -0.861. The largest absolute Gasteiger partial charge is 0.506 e. The van der Waals surface area contributed by atoms with E-state index in [2.05, 4.69) is 31.1 Å². The highest BCUT2D eigenvalue weighted by Gasteiger charge is 2.48. The zero-order chi connectivity index (χ0) is 24.2. The second kappa shape index (κ2) is 10.5. The standard InChI is InChI=1S/C26H29BrN4O3/c1-17(2)29-23-14-19(9-10-24(23)32)25-26(31(33)34)21(20-7-3-4-8-22(20)27)11-13-30(25)16-18-6-5-12-28-15-18/h3-10,12,14-15,17,21,25-26,29,32H,11,13,16H2,1-2H3/t21-,25+,26-/m0/s1. The van der Waals surface area contributed by atoms with Gasteiger partial charge in [-0.2, -0.15) is 0 Å². The Bertz CT molecular complexity index is 1140. The molecule has 0 aliphatic carbocycles. The Hall–Kier alpha value is -2.97. The highest BCUT2D eigenvalue weighted by molar-refractivity contribution is 9.10. The second-order valence-electron chi connectivity index (χ2n) is 9.04. The van der Waals surface area contributed by atoms with Crippen molar-refractivity contribution < 1.29 is 10.0 Å². The number of halogens is 1. The van der Waals surface area contributed by atoms with Crippen molar-refractivity contribution in [2.75, 3.05) is 11.9 Å². The van der Waals surface area contributed by atoms with E-state index in [4.69, 9.17) is 0 Å². The van der Waals surface area contributed by atoms with Crippen molar-refractivity contribution in [1.29, 1.82) is 0 Å². The molecule has 1 aliphatic rings. The molecule has 0 saturated carbocycles. The smallest absolute Gasteiger partial charge is 0.239 e. The number of benzene rings is 2. The molecule has 0 unspecified atom stereocenters. The number of likely N-dealkylation sites (tertiary alicyclic amines) is 1. The summed E-state index contributed by atoms with van der Waals surface area (Å²) in [5.41, 5.74) is 3.35. The molecule has 1 aromatic heterocycles. The minimum Gasteiger partial charge on any atom is -0.506 e. The third-order valence-electron chi connectivity index (χ3n) is 6.32. The van der Waals surface area contributed by atoms with Gasteiger partial charge < -0.3 is 10.4 Å². The molecule has 1 fully saturated rings. The van der Waals surface area contributed by atoms with Gasteiger partial charge in [0.15, 0.2) is 0 Å². The lowest BCUT2D eigenvalue weighted by Crippen LogP contribution is -2.48. The number of pyridine rings is 1. The number of anilines is 1. The minimum absolute atomic E-state index is 0.110. The number of phenolic OH excluding ortho intramolecular Hbond substituents is 1.